The second-order valence-corrected chi connectivity index (χ2v) is 6.67. The van der Waals surface area contributed by atoms with Crippen LogP contribution in [0.1, 0.15) is 19.8 Å². The van der Waals surface area contributed by atoms with Crippen LogP contribution in [0.25, 0.3) is 0 Å². The van der Waals surface area contributed by atoms with Crippen LogP contribution >= 0.6 is 0 Å². The van der Waals surface area contributed by atoms with E-state index in [-0.39, 0.29) is 10.4 Å². The van der Waals surface area contributed by atoms with Gasteiger partial charge in [0.2, 0.25) is 10.0 Å². The fraction of sp³-hybridized carbons (Fsp3) is 0.500. The highest BCUT2D eigenvalue weighted by atomic mass is 32.2. The van der Waals surface area contributed by atoms with Gasteiger partial charge in [-0.15, -0.1) is 0 Å². The molecule has 1 fully saturated rings. The Kier molecular flexibility index (Phi) is 3.71. The third kappa shape index (κ3) is 3.37. The smallest absolute Gasteiger partial charge is 0.240 e. The van der Waals surface area contributed by atoms with E-state index in [1.54, 1.807) is 12.1 Å². The molecule has 19 heavy (non-hydrogen) atoms. The van der Waals surface area contributed by atoms with Crippen LogP contribution < -0.4 is 16.2 Å². The van der Waals surface area contributed by atoms with Gasteiger partial charge < -0.3 is 15.8 Å². The quantitative estimate of drug-likeness (QED) is 0.715. The van der Waals surface area contributed by atoms with Gasteiger partial charge in [-0.05, 0) is 38.0 Å². The molecule has 0 aromatic heterocycles. The maximum atomic E-state index is 11.6. The van der Waals surface area contributed by atoms with Crippen LogP contribution in [0.4, 0.5) is 11.4 Å². The molecule has 0 saturated carbocycles. The lowest BCUT2D eigenvalue weighted by Crippen LogP contribution is -2.43. The lowest BCUT2D eigenvalue weighted by Gasteiger charge is -2.35. The van der Waals surface area contributed by atoms with Gasteiger partial charge in [0.15, 0.2) is 0 Å². The van der Waals surface area contributed by atoms with E-state index in [2.05, 4.69) is 5.32 Å². The summed E-state index contributed by atoms with van der Waals surface area (Å²) in [5.74, 6) is 0. The molecule has 1 heterocycles. The van der Waals surface area contributed by atoms with Crippen LogP contribution in [-0.2, 0) is 14.8 Å². The largest absolute Gasteiger partial charge is 0.399 e. The van der Waals surface area contributed by atoms with Crippen molar-refractivity contribution in [2.75, 3.05) is 24.3 Å². The number of anilines is 2. The van der Waals surface area contributed by atoms with Crippen molar-refractivity contribution in [3.8, 4) is 0 Å². The molecule has 0 spiro atoms. The Morgan fingerprint density at radius 1 is 1.42 bits per heavy atom. The number of benzene rings is 1. The van der Waals surface area contributed by atoms with Gasteiger partial charge in [-0.2, -0.15) is 0 Å². The lowest BCUT2D eigenvalue weighted by atomic mass is 9.94. The molecule has 0 aliphatic carbocycles. The van der Waals surface area contributed by atoms with E-state index in [4.69, 9.17) is 15.6 Å². The highest BCUT2D eigenvalue weighted by Crippen LogP contribution is 2.29. The van der Waals surface area contributed by atoms with Gasteiger partial charge in [0.25, 0.3) is 0 Å². The van der Waals surface area contributed by atoms with Crippen molar-refractivity contribution in [2.45, 2.75) is 30.2 Å². The summed E-state index contributed by atoms with van der Waals surface area (Å²) >= 11 is 0. The average molecular weight is 285 g/mol. The highest BCUT2D eigenvalue weighted by Gasteiger charge is 2.29. The summed E-state index contributed by atoms with van der Waals surface area (Å²) in [4.78, 5) is 0.0132. The van der Waals surface area contributed by atoms with Crippen molar-refractivity contribution in [3.05, 3.63) is 18.2 Å². The fourth-order valence-electron chi connectivity index (χ4n) is 2.24. The second kappa shape index (κ2) is 4.99. The Hall–Kier alpha value is -1.31. The molecule has 0 radical (unpaired) electrons. The maximum absolute atomic E-state index is 11.6. The zero-order valence-electron chi connectivity index (χ0n) is 10.8. The van der Waals surface area contributed by atoms with Crippen molar-refractivity contribution in [2.24, 2.45) is 5.14 Å². The van der Waals surface area contributed by atoms with E-state index in [0.717, 1.165) is 19.4 Å². The second-order valence-electron chi connectivity index (χ2n) is 5.14. The minimum Gasteiger partial charge on any atom is -0.399 e. The summed E-state index contributed by atoms with van der Waals surface area (Å²) in [6.45, 7) is 3.26. The standard InChI is InChI=1S/C12H19N3O3S/c1-12(5-2-6-18-8-12)15-10-4-3-9(13)7-11(10)19(14,16)17/h3-4,7,15H,2,5-6,8,13H2,1H3,(H2,14,16,17). The first-order valence-electron chi connectivity index (χ1n) is 6.08. The Balaban J connectivity index is 2.34. The summed E-state index contributed by atoms with van der Waals surface area (Å²) in [6, 6.07) is 4.64. The van der Waals surface area contributed by atoms with E-state index in [0.29, 0.717) is 18.0 Å². The molecular weight excluding hydrogens is 266 g/mol. The topological polar surface area (TPSA) is 107 Å². The summed E-state index contributed by atoms with van der Waals surface area (Å²) in [6.07, 6.45) is 1.84. The molecule has 0 bridgehead atoms. The number of primary sulfonamides is 1. The van der Waals surface area contributed by atoms with E-state index < -0.39 is 10.0 Å². The van der Waals surface area contributed by atoms with Gasteiger partial charge in [0, 0.05) is 12.3 Å². The number of hydrogen-bond donors (Lipinski definition) is 3. The van der Waals surface area contributed by atoms with Crippen molar-refractivity contribution >= 4 is 21.4 Å². The number of rotatable bonds is 3. The Morgan fingerprint density at radius 2 is 2.16 bits per heavy atom. The molecule has 2 rings (SSSR count). The molecule has 7 heteroatoms. The van der Waals surface area contributed by atoms with Crippen LogP contribution in [0.5, 0.6) is 0 Å². The van der Waals surface area contributed by atoms with E-state index in [1.165, 1.54) is 6.07 Å². The number of nitrogens with two attached hydrogens (primary N) is 2. The van der Waals surface area contributed by atoms with Gasteiger partial charge in [-0.25, -0.2) is 13.6 Å². The number of hydrogen-bond acceptors (Lipinski definition) is 5. The molecule has 1 atom stereocenters. The molecule has 1 aliphatic rings. The van der Waals surface area contributed by atoms with Crippen LogP contribution in [-0.4, -0.2) is 27.2 Å². The normalized spacial score (nSPS) is 24.1. The summed E-state index contributed by atoms with van der Waals surface area (Å²) in [7, 11) is -3.82. The molecule has 1 unspecified atom stereocenters. The zero-order valence-corrected chi connectivity index (χ0v) is 11.7. The first kappa shape index (κ1) is 14.1. The molecule has 0 amide bonds. The highest BCUT2D eigenvalue weighted by molar-refractivity contribution is 7.89. The van der Waals surface area contributed by atoms with Crippen molar-refractivity contribution < 1.29 is 13.2 Å². The number of sulfonamides is 1. The Morgan fingerprint density at radius 3 is 2.74 bits per heavy atom. The number of nitrogen functional groups attached to an aromatic ring is 1. The van der Waals surface area contributed by atoms with Crippen LogP contribution in [0, 0.1) is 0 Å². The van der Waals surface area contributed by atoms with Crippen LogP contribution in [0.3, 0.4) is 0 Å². The van der Waals surface area contributed by atoms with Crippen molar-refractivity contribution in [1.82, 2.24) is 0 Å². The predicted molar refractivity (Wildman–Crippen MR) is 74.3 cm³/mol. The SMILES string of the molecule is CC1(Nc2ccc(N)cc2S(N)(=O)=O)CCCOC1. The molecule has 106 valence electrons. The van der Waals surface area contributed by atoms with Gasteiger partial charge in [-0.1, -0.05) is 0 Å². The van der Waals surface area contributed by atoms with Gasteiger partial charge in [0.1, 0.15) is 4.90 Å². The summed E-state index contributed by atoms with van der Waals surface area (Å²) in [5.41, 5.74) is 6.14. The van der Waals surface area contributed by atoms with Crippen LogP contribution in [0.2, 0.25) is 0 Å². The summed E-state index contributed by atoms with van der Waals surface area (Å²) in [5, 5.41) is 8.44. The molecule has 1 aliphatic heterocycles. The Bertz CT molecular complexity index is 566. The average Bonchev–Trinajstić information content (AvgIpc) is 2.31. The first-order valence-corrected chi connectivity index (χ1v) is 7.63. The monoisotopic (exact) mass is 285 g/mol. The molecule has 1 saturated heterocycles. The van der Waals surface area contributed by atoms with E-state index in [9.17, 15) is 8.42 Å². The van der Waals surface area contributed by atoms with E-state index in [1.807, 2.05) is 6.92 Å². The minimum atomic E-state index is -3.82. The lowest BCUT2D eigenvalue weighted by molar-refractivity contribution is 0.0539. The zero-order chi connectivity index (χ0) is 14.1. The van der Waals surface area contributed by atoms with Crippen molar-refractivity contribution in [3.63, 3.8) is 0 Å². The van der Waals surface area contributed by atoms with Crippen molar-refractivity contribution in [1.29, 1.82) is 0 Å². The third-order valence-corrected chi connectivity index (χ3v) is 4.14. The molecular formula is C12H19N3O3S. The first-order chi connectivity index (χ1) is 8.80. The molecule has 5 N–H and O–H groups in total. The third-order valence-electron chi connectivity index (χ3n) is 3.19. The maximum Gasteiger partial charge on any atom is 0.240 e. The minimum absolute atomic E-state index is 0.0132. The van der Waals surface area contributed by atoms with Gasteiger partial charge in [0.05, 0.1) is 17.8 Å². The number of ether oxygens (including phenoxy) is 1. The van der Waals surface area contributed by atoms with Gasteiger partial charge >= 0.3 is 0 Å². The Labute approximate surface area is 113 Å². The number of nitrogens with one attached hydrogen (secondary N) is 1. The van der Waals surface area contributed by atoms with Gasteiger partial charge in [-0.3, -0.25) is 0 Å². The van der Waals surface area contributed by atoms with E-state index >= 15 is 0 Å². The summed E-state index contributed by atoms with van der Waals surface area (Å²) < 4.78 is 28.6. The fourth-order valence-corrected chi connectivity index (χ4v) is 2.96. The molecule has 1 aromatic carbocycles. The molecule has 1 aromatic rings. The van der Waals surface area contributed by atoms with Crippen LogP contribution in [0.15, 0.2) is 23.1 Å². The molecule has 6 nitrogen and oxygen atoms in total. The predicted octanol–water partition coefficient (Wildman–Crippen LogP) is 0.897.